The highest BCUT2D eigenvalue weighted by molar-refractivity contribution is 5.57. The van der Waals surface area contributed by atoms with Crippen LogP contribution >= 0.6 is 0 Å². The molecule has 1 rings (SSSR count). The SMILES string of the molecule is Cc1cc(N)ccc1NCCN(C)C(C)C. The van der Waals surface area contributed by atoms with Gasteiger partial charge in [0.15, 0.2) is 0 Å². The highest BCUT2D eigenvalue weighted by Crippen LogP contribution is 2.17. The van der Waals surface area contributed by atoms with Crippen LogP contribution in [0.1, 0.15) is 19.4 Å². The van der Waals surface area contributed by atoms with Crippen molar-refractivity contribution in [3.8, 4) is 0 Å². The summed E-state index contributed by atoms with van der Waals surface area (Å²) in [6.07, 6.45) is 0. The van der Waals surface area contributed by atoms with Crippen molar-refractivity contribution >= 4 is 11.4 Å². The first-order valence-corrected chi connectivity index (χ1v) is 5.81. The smallest absolute Gasteiger partial charge is 0.0371 e. The molecule has 0 heterocycles. The molecular formula is C13H23N3. The second-order valence-corrected chi connectivity index (χ2v) is 4.58. The van der Waals surface area contributed by atoms with Crippen LogP contribution in [0.4, 0.5) is 11.4 Å². The minimum absolute atomic E-state index is 0.592. The molecule has 1 aromatic carbocycles. The number of anilines is 2. The Balaban J connectivity index is 2.43. The van der Waals surface area contributed by atoms with Crippen molar-refractivity contribution in [2.75, 3.05) is 31.2 Å². The Hall–Kier alpha value is -1.22. The first kappa shape index (κ1) is 12.8. The molecule has 0 atom stereocenters. The van der Waals surface area contributed by atoms with Gasteiger partial charge >= 0.3 is 0 Å². The quantitative estimate of drug-likeness (QED) is 0.750. The number of nitrogens with one attached hydrogen (secondary N) is 1. The van der Waals surface area contributed by atoms with Gasteiger partial charge in [0.05, 0.1) is 0 Å². The van der Waals surface area contributed by atoms with E-state index in [9.17, 15) is 0 Å². The van der Waals surface area contributed by atoms with Crippen molar-refractivity contribution in [2.45, 2.75) is 26.8 Å². The zero-order valence-corrected chi connectivity index (χ0v) is 10.7. The third-order valence-electron chi connectivity index (χ3n) is 2.91. The van der Waals surface area contributed by atoms with E-state index in [1.807, 2.05) is 18.2 Å². The summed E-state index contributed by atoms with van der Waals surface area (Å²) in [7, 11) is 2.14. The molecule has 0 unspecified atom stereocenters. The molecular weight excluding hydrogens is 198 g/mol. The summed E-state index contributed by atoms with van der Waals surface area (Å²) in [4.78, 5) is 2.32. The molecule has 3 N–H and O–H groups in total. The number of nitrogen functional groups attached to an aromatic ring is 1. The van der Waals surface area contributed by atoms with Crippen LogP contribution in [0.2, 0.25) is 0 Å². The summed E-state index contributed by atoms with van der Waals surface area (Å²) in [5.74, 6) is 0. The Morgan fingerprint density at radius 3 is 2.62 bits per heavy atom. The molecule has 0 fully saturated rings. The second kappa shape index (κ2) is 5.75. The molecule has 0 aliphatic rings. The van der Waals surface area contributed by atoms with E-state index in [1.165, 1.54) is 11.3 Å². The maximum absolute atomic E-state index is 5.71. The number of hydrogen-bond donors (Lipinski definition) is 2. The molecule has 3 heteroatoms. The van der Waals surface area contributed by atoms with Gasteiger partial charge in [-0.3, -0.25) is 0 Å². The van der Waals surface area contributed by atoms with Crippen LogP contribution in [0.5, 0.6) is 0 Å². The molecule has 0 aliphatic heterocycles. The molecule has 1 aromatic rings. The van der Waals surface area contributed by atoms with Gasteiger partial charge in [0, 0.05) is 30.5 Å². The number of likely N-dealkylation sites (N-methyl/N-ethyl adjacent to an activating group) is 1. The van der Waals surface area contributed by atoms with E-state index in [2.05, 4.69) is 38.0 Å². The molecule has 0 bridgehead atoms. The molecule has 0 radical (unpaired) electrons. The normalized spacial score (nSPS) is 11.1. The highest BCUT2D eigenvalue weighted by Gasteiger charge is 2.02. The lowest BCUT2D eigenvalue weighted by molar-refractivity contribution is 0.284. The number of rotatable bonds is 5. The van der Waals surface area contributed by atoms with Gasteiger partial charge in [-0.05, 0) is 51.6 Å². The van der Waals surface area contributed by atoms with Crippen molar-refractivity contribution in [2.24, 2.45) is 0 Å². The van der Waals surface area contributed by atoms with Crippen LogP contribution in [0.15, 0.2) is 18.2 Å². The zero-order chi connectivity index (χ0) is 12.1. The number of hydrogen-bond acceptors (Lipinski definition) is 3. The summed E-state index contributed by atoms with van der Waals surface area (Å²) in [6, 6.07) is 6.56. The second-order valence-electron chi connectivity index (χ2n) is 4.58. The minimum Gasteiger partial charge on any atom is -0.399 e. The Labute approximate surface area is 98.6 Å². The molecule has 0 aromatic heterocycles. The van der Waals surface area contributed by atoms with E-state index in [0.717, 1.165) is 18.8 Å². The topological polar surface area (TPSA) is 41.3 Å². The lowest BCUT2D eigenvalue weighted by Crippen LogP contribution is -2.31. The fourth-order valence-electron chi connectivity index (χ4n) is 1.51. The molecule has 0 saturated heterocycles. The van der Waals surface area contributed by atoms with Crippen LogP contribution in [0, 0.1) is 6.92 Å². The fourth-order valence-corrected chi connectivity index (χ4v) is 1.51. The average Bonchev–Trinajstić information content (AvgIpc) is 2.20. The van der Waals surface area contributed by atoms with Gasteiger partial charge in [0.1, 0.15) is 0 Å². The van der Waals surface area contributed by atoms with Gasteiger partial charge in [-0.15, -0.1) is 0 Å². The Bertz CT molecular complexity index is 334. The zero-order valence-electron chi connectivity index (χ0n) is 10.7. The number of nitrogens with two attached hydrogens (primary N) is 1. The summed E-state index contributed by atoms with van der Waals surface area (Å²) in [5, 5.41) is 3.43. The van der Waals surface area contributed by atoms with Gasteiger partial charge in [0.25, 0.3) is 0 Å². The Morgan fingerprint density at radius 1 is 1.38 bits per heavy atom. The van der Waals surface area contributed by atoms with Gasteiger partial charge < -0.3 is 16.0 Å². The summed E-state index contributed by atoms with van der Waals surface area (Å²) >= 11 is 0. The third-order valence-corrected chi connectivity index (χ3v) is 2.91. The van der Waals surface area contributed by atoms with E-state index >= 15 is 0 Å². The van der Waals surface area contributed by atoms with Crippen LogP contribution < -0.4 is 11.1 Å². The standard InChI is InChI=1S/C13H23N3/c1-10(2)16(4)8-7-15-13-6-5-12(14)9-11(13)3/h5-6,9-10,15H,7-8,14H2,1-4H3. The van der Waals surface area contributed by atoms with Crippen molar-refractivity contribution in [3.63, 3.8) is 0 Å². The fraction of sp³-hybridized carbons (Fsp3) is 0.538. The molecule has 3 nitrogen and oxygen atoms in total. The summed E-state index contributed by atoms with van der Waals surface area (Å²) in [5.41, 5.74) is 8.90. The van der Waals surface area contributed by atoms with Crippen molar-refractivity contribution in [3.05, 3.63) is 23.8 Å². The monoisotopic (exact) mass is 221 g/mol. The van der Waals surface area contributed by atoms with Gasteiger partial charge in [-0.25, -0.2) is 0 Å². The number of benzene rings is 1. The number of nitrogens with zero attached hydrogens (tertiary/aromatic N) is 1. The predicted octanol–water partition coefficient (Wildman–Crippen LogP) is 2.33. The largest absolute Gasteiger partial charge is 0.399 e. The van der Waals surface area contributed by atoms with Gasteiger partial charge in [-0.1, -0.05) is 0 Å². The molecule has 0 saturated carbocycles. The van der Waals surface area contributed by atoms with Crippen LogP contribution in [-0.2, 0) is 0 Å². The first-order valence-electron chi connectivity index (χ1n) is 5.81. The van der Waals surface area contributed by atoms with Gasteiger partial charge in [0.2, 0.25) is 0 Å². The summed E-state index contributed by atoms with van der Waals surface area (Å²) < 4.78 is 0. The highest BCUT2D eigenvalue weighted by atomic mass is 15.1. The van der Waals surface area contributed by atoms with E-state index in [0.29, 0.717) is 6.04 Å². The number of aryl methyl sites for hydroxylation is 1. The molecule has 90 valence electrons. The third kappa shape index (κ3) is 3.74. The molecule has 0 amide bonds. The van der Waals surface area contributed by atoms with Crippen LogP contribution in [0.25, 0.3) is 0 Å². The minimum atomic E-state index is 0.592. The Kier molecular flexibility index (Phi) is 4.62. The Morgan fingerprint density at radius 2 is 2.06 bits per heavy atom. The van der Waals surface area contributed by atoms with Crippen molar-refractivity contribution in [1.29, 1.82) is 0 Å². The van der Waals surface area contributed by atoms with E-state index in [4.69, 9.17) is 5.73 Å². The lowest BCUT2D eigenvalue weighted by Gasteiger charge is -2.21. The van der Waals surface area contributed by atoms with Crippen LogP contribution in [0.3, 0.4) is 0 Å². The van der Waals surface area contributed by atoms with E-state index in [-0.39, 0.29) is 0 Å². The van der Waals surface area contributed by atoms with Gasteiger partial charge in [-0.2, -0.15) is 0 Å². The van der Waals surface area contributed by atoms with E-state index in [1.54, 1.807) is 0 Å². The van der Waals surface area contributed by atoms with Crippen LogP contribution in [-0.4, -0.2) is 31.1 Å². The average molecular weight is 221 g/mol. The van der Waals surface area contributed by atoms with Crippen molar-refractivity contribution < 1.29 is 0 Å². The summed E-state index contributed by atoms with van der Waals surface area (Å²) in [6.45, 7) is 8.48. The molecule has 16 heavy (non-hydrogen) atoms. The molecule has 0 aliphatic carbocycles. The first-order chi connectivity index (χ1) is 7.50. The van der Waals surface area contributed by atoms with E-state index < -0.39 is 0 Å². The van der Waals surface area contributed by atoms with Crippen molar-refractivity contribution in [1.82, 2.24) is 4.90 Å². The maximum Gasteiger partial charge on any atom is 0.0371 e. The molecule has 0 spiro atoms. The maximum atomic E-state index is 5.71. The predicted molar refractivity (Wildman–Crippen MR) is 71.8 cm³/mol. The lowest BCUT2D eigenvalue weighted by atomic mass is 10.2.